The molecule has 2 aromatic heterocycles. The summed E-state index contributed by atoms with van der Waals surface area (Å²) in [5.41, 5.74) is 4.21. The third kappa shape index (κ3) is 2.10. The second-order valence-electron chi connectivity index (χ2n) is 6.54. The summed E-state index contributed by atoms with van der Waals surface area (Å²) in [5, 5.41) is 1.80. The summed E-state index contributed by atoms with van der Waals surface area (Å²) in [6, 6.07) is 8.56. The van der Waals surface area contributed by atoms with E-state index < -0.39 is 5.82 Å². The predicted octanol–water partition coefficient (Wildman–Crippen LogP) is 4.84. The summed E-state index contributed by atoms with van der Waals surface area (Å²) >= 11 is 0. The van der Waals surface area contributed by atoms with Crippen molar-refractivity contribution in [1.82, 2.24) is 0 Å². The monoisotopic (exact) mass is 350 g/mol. The van der Waals surface area contributed by atoms with Gasteiger partial charge in [-0.15, -0.1) is 0 Å². The molecule has 0 bridgehead atoms. The number of aryl methyl sites for hydroxylation is 1. The van der Waals surface area contributed by atoms with Crippen LogP contribution in [-0.4, -0.2) is 7.11 Å². The summed E-state index contributed by atoms with van der Waals surface area (Å²) in [5.74, 6) is -0.223. The van der Waals surface area contributed by atoms with E-state index in [1.54, 1.807) is 24.5 Å². The zero-order valence-corrected chi connectivity index (χ0v) is 14.1. The van der Waals surface area contributed by atoms with Crippen LogP contribution >= 0.6 is 0 Å². The number of ether oxygens (including phenoxy) is 1. The van der Waals surface area contributed by atoms with Crippen LogP contribution in [0.1, 0.15) is 17.5 Å². The van der Waals surface area contributed by atoms with Crippen molar-refractivity contribution >= 4 is 21.9 Å². The first-order valence-electron chi connectivity index (χ1n) is 8.49. The molecule has 0 spiro atoms. The van der Waals surface area contributed by atoms with Gasteiger partial charge in [0.2, 0.25) is 0 Å². The minimum absolute atomic E-state index is 0.201. The summed E-state index contributed by atoms with van der Waals surface area (Å²) in [6.07, 6.45) is 4.18. The van der Waals surface area contributed by atoms with E-state index in [0.29, 0.717) is 16.7 Å². The molecule has 0 aliphatic heterocycles. The third-order valence-electron chi connectivity index (χ3n) is 5.13. The van der Waals surface area contributed by atoms with Gasteiger partial charge in [0.15, 0.2) is 11.6 Å². The van der Waals surface area contributed by atoms with Crippen LogP contribution in [0.25, 0.3) is 33.1 Å². The molecular formula is C21H15FO4. The van der Waals surface area contributed by atoms with E-state index in [1.807, 2.05) is 6.07 Å². The molecule has 5 rings (SSSR count). The van der Waals surface area contributed by atoms with Gasteiger partial charge in [0.1, 0.15) is 11.2 Å². The maximum absolute atomic E-state index is 14.1. The highest BCUT2D eigenvalue weighted by atomic mass is 19.1. The van der Waals surface area contributed by atoms with Gasteiger partial charge in [-0.25, -0.2) is 9.18 Å². The first kappa shape index (κ1) is 15.2. The van der Waals surface area contributed by atoms with Crippen LogP contribution in [0.15, 0.2) is 50.2 Å². The van der Waals surface area contributed by atoms with Crippen molar-refractivity contribution in [1.29, 1.82) is 0 Å². The molecule has 0 unspecified atom stereocenters. The summed E-state index contributed by atoms with van der Waals surface area (Å²) < 4.78 is 30.2. The average molecular weight is 350 g/mol. The predicted molar refractivity (Wildman–Crippen MR) is 96.2 cm³/mol. The maximum atomic E-state index is 14.1. The Labute approximate surface area is 147 Å². The summed E-state index contributed by atoms with van der Waals surface area (Å²) in [4.78, 5) is 12.1. The van der Waals surface area contributed by atoms with Crippen LogP contribution in [0.5, 0.6) is 5.75 Å². The lowest BCUT2D eigenvalue weighted by molar-refractivity contribution is 0.386. The SMILES string of the molecule is COc1ccc(-c2coc3cc4oc(=O)c5c(c4cc23)CCC5)cc1F. The van der Waals surface area contributed by atoms with Gasteiger partial charge >= 0.3 is 5.63 Å². The highest BCUT2D eigenvalue weighted by molar-refractivity contribution is 6.02. The van der Waals surface area contributed by atoms with Crippen molar-refractivity contribution in [3.8, 4) is 16.9 Å². The topological polar surface area (TPSA) is 52.6 Å². The van der Waals surface area contributed by atoms with Crippen LogP contribution in [0.3, 0.4) is 0 Å². The number of fused-ring (bicyclic) bond motifs is 4. The van der Waals surface area contributed by atoms with Gasteiger partial charge in [-0.1, -0.05) is 6.07 Å². The molecule has 26 heavy (non-hydrogen) atoms. The fourth-order valence-corrected chi connectivity index (χ4v) is 3.86. The Morgan fingerprint density at radius 1 is 1.04 bits per heavy atom. The van der Waals surface area contributed by atoms with Crippen molar-refractivity contribution < 1.29 is 18.0 Å². The molecule has 1 aliphatic rings. The lowest BCUT2D eigenvalue weighted by Gasteiger charge is -2.06. The van der Waals surface area contributed by atoms with Crippen molar-refractivity contribution in [3.05, 3.63) is 64.0 Å². The molecule has 5 heteroatoms. The fraction of sp³-hybridized carbons (Fsp3) is 0.190. The number of halogens is 1. The van der Waals surface area contributed by atoms with Gasteiger partial charge < -0.3 is 13.6 Å². The molecule has 4 aromatic rings. The Kier molecular flexibility index (Phi) is 3.19. The zero-order valence-electron chi connectivity index (χ0n) is 14.1. The molecule has 0 saturated heterocycles. The first-order chi connectivity index (χ1) is 12.7. The molecule has 0 amide bonds. The van der Waals surface area contributed by atoms with Gasteiger partial charge in [-0.3, -0.25) is 0 Å². The third-order valence-corrected chi connectivity index (χ3v) is 5.13. The lowest BCUT2D eigenvalue weighted by Crippen LogP contribution is -2.06. The van der Waals surface area contributed by atoms with Gasteiger partial charge in [0.05, 0.1) is 13.4 Å². The van der Waals surface area contributed by atoms with Crippen LogP contribution in [0.4, 0.5) is 4.39 Å². The van der Waals surface area contributed by atoms with Crippen molar-refractivity contribution in [2.45, 2.75) is 19.3 Å². The number of furan rings is 1. The van der Waals surface area contributed by atoms with Gasteiger partial charge in [0, 0.05) is 28.0 Å². The number of hydrogen-bond donors (Lipinski definition) is 0. The first-order valence-corrected chi connectivity index (χ1v) is 8.49. The smallest absolute Gasteiger partial charge is 0.339 e. The van der Waals surface area contributed by atoms with Gasteiger partial charge in [-0.2, -0.15) is 0 Å². The van der Waals surface area contributed by atoms with Crippen molar-refractivity contribution in [3.63, 3.8) is 0 Å². The quantitative estimate of drug-likeness (QED) is 0.485. The Bertz CT molecular complexity index is 1230. The molecular weight excluding hydrogens is 335 g/mol. The normalized spacial score (nSPS) is 13.5. The Morgan fingerprint density at radius 3 is 2.69 bits per heavy atom. The Hall–Kier alpha value is -3.08. The second-order valence-corrected chi connectivity index (χ2v) is 6.54. The number of methoxy groups -OCH3 is 1. The molecule has 0 atom stereocenters. The number of hydrogen-bond acceptors (Lipinski definition) is 4. The van der Waals surface area contributed by atoms with E-state index in [1.165, 1.54) is 13.2 Å². The van der Waals surface area contributed by atoms with Crippen LogP contribution in [-0.2, 0) is 12.8 Å². The number of rotatable bonds is 2. The molecule has 1 aliphatic carbocycles. The minimum atomic E-state index is -0.424. The molecule has 4 nitrogen and oxygen atoms in total. The van der Waals surface area contributed by atoms with Crippen molar-refractivity contribution in [2.24, 2.45) is 0 Å². The Balaban J connectivity index is 1.78. The van der Waals surface area contributed by atoms with E-state index in [0.717, 1.165) is 46.7 Å². The standard InChI is InChI=1S/C21H15FO4/c1-24-18-6-5-11(7-17(18)22)16-10-25-19-9-20-14(8-15(16)19)12-3-2-4-13(12)21(23)26-20/h5-10H,2-4H2,1H3. The van der Waals surface area contributed by atoms with Gasteiger partial charge in [0.25, 0.3) is 0 Å². The average Bonchev–Trinajstić information content (AvgIpc) is 3.27. The summed E-state index contributed by atoms with van der Waals surface area (Å²) in [7, 11) is 1.44. The van der Waals surface area contributed by atoms with E-state index in [-0.39, 0.29) is 11.4 Å². The van der Waals surface area contributed by atoms with E-state index in [4.69, 9.17) is 13.6 Å². The minimum Gasteiger partial charge on any atom is -0.494 e. The highest BCUT2D eigenvalue weighted by Crippen LogP contribution is 2.37. The largest absolute Gasteiger partial charge is 0.494 e. The van der Waals surface area contributed by atoms with E-state index in [9.17, 15) is 9.18 Å². The Morgan fingerprint density at radius 2 is 1.88 bits per heavy atom. The molecule has 0 saturated carbocycles. The molecule has 0 N–H and O–H groups in total. The number of benzene rings is 2. The second kappa shape index (κ2) is 5.46. The van der Waals surface area contributed by atoms with E-state index >= 15 is 0 Å². The van der Waals surface area contributed by atoms with Crippen molar-refractivity contribution in [2.75, 3.05) is 7.11 Å². The van der Waals surface area contributed by atoms with Crippen LogP contribution in [0.2, 0.25) is 0 Å². The molecule has 2 heterocycles. The molecule has 130 valence electrons. The highest BCUT2D eigenvalue weighted by Gasteiger charge is 2.21. The fourth-order valence-electron chi connectivity index (χ4n) is 3.86. The molecule has 2 aromatic carbocycles. The van der Waals surface area contributed by atoms with Crippen LogP contribution in [0, 0.1) is 5.82 Å². The molecule has 0 radical (unpaired) electrons. The van der Waals surface area contributed by atoms with Crippen LogP contribution < -0.4 is 10.4 Å². The lowest BCUT2D eigenvalue weighted by atomic mass is 10.0. The van der Waals surface area contributed by atoms with Gasteiger partial charge in [-0.05, 0) is 48.6 Å². The molecule has 0 fully saturated rings. The maximum Gasteiger partial charge on any atom is 0.339 e. The summed E-state index contributed by atoms with van der Waals surface area (Å²) in [6.45, 7) is 0. The zero-order chi connectivity index (χ0) is 17.8. The van der Waals surface area contributed by atoms with E-state index in [2.05, 4.69) is 0 Å².